The van der Waals surface area contributed by atoms with Crippen LogP contribution in [0.15, 0.2) is 23.2 Å². The Morgan fingerprint density at radius 2 is 2.12 bits per heavy atom. The molecular formula is C20H35IN4O. The maximum atomic E-state index is 5.89. The van der Waals surface area contributed by atoms with Crippen molar-refractivity contribution in [3.05, 3.63) is 29.3 Å². The van der Waals surface area contributed by atoms with Crippen molar-refractivity contribution >= 4 is 29.9 Å². The summed E-state index contributed by atoms with van der Waals surface area (Å²) in [5.74, 6) is 2.54. The van der Waals surface area contributed by atoms with E-state index in [2.05, 4.69) is 59.5 Å². The Bertz CT molecular complexity index is 565. The van der Waals surface area contributed by atoms with Crippen LogP contribution in [0.1, 0.15) is 37.8 Å². The molecule has 0 saturated carbocycles. The van der Waals surface area contributed by atoms with Gasteiger partial charge in [-0.1, -0.05) is 26.0 Å². The molecule has 0 aromatic heterocycles. The number of aliphatic imine (C=N–C) groups is 1. The fourth-order valence-corrected chi connectivity index (χ4v) is 3.16. The van der Waals surface area contributed by atoms with Crippen LogP contribution in [0.25, 0.3) is 0 Å². The second-order valence-corrected chi connectivity index (χ2v) is 6.81. The highest BCUT2D eigenvalue weighted by Gasteiger charge is 2.21. The van der Waals surface area contributed by atoms with Crippen molar-refractivity contribution in [1.29, 1.82) is 0 Å². The third-order valence-electron chi connectivity index (χ3n) is 4.73. The quantitative estimate of drug-likeness (QED) is 0.345. The average molecular weight is 474 g/mol. The number of hydrogen-bond acceptors (Lipinski definition) is 3. The summed E-state index contributed by atoms with van der Waals surface area (Å²) >= 11 is 0. The predicted molar refractivity (Wildman–Crippen MR) is 121 cm³/mol. The van der Waals surface area contributed by atoms with Crippen LogP contribution in [-0.2, 0) is 6.54 Å². The minimum atomic E-state index is 0. The molecule has 1 heterocycles. The summed E-state index contributed by atoms with van der Waals surface area (Å²) in [6.07, 6.45) is 2.28. The van der Waals surface area contributed by atoms with Gasteiger partial charge in [-0.3, -0.25) is 4.99 Å². The second-order valence-electron chi connectivity index (χ2n) is 6.81. The number of halogens is 1. The number of nitrogens with one attached hydrogen (secondary N) is 2. The van der Waals surface area contributed by atoms with E-state index in [1.807, 2.05) is 7.05 Å². The number of benzene rings is 1. The van der Waals surface area contributed by atoms with Gasteiger partial charge in [0.2, 0.25) is 0 Å². The van der Waals surface area contributed by atoms with Crippen LogP contribution in [0, 0.1) is 12.8 Å². The summed E-state index contributed by atoms with van der Waals surface area (Å²) in [5.41, 5.74) is 2.39. The third kappa shape index (κ3) is 7.31. The molecule has 1 aliphatic heterocycles. The highest BCUT2D eigenvalue weighted by molar-refractivity contribution is 14.0. The Kier molecular flexibility index (Phi) is 11.0. The van der Waals surface area contributed by atoms with Gasteiger partial charge >= 0.3 is 0 Å². The second kappa shape index (κ2) is 12.4. The molecule has 1 aromatic rings. The molecule has 26 heavy (non-hydrogen) atoms. The summed E-state index contributed by atoms with van der Waals surface area (Å²) in [6.45, 7) is 12.4. The molecule has 0 aliphatic carbocycles. The summed E-state index contributed by atoms with van der Waals surface area (Å²) in [4.78, 5) is 6.86. The van der Waals surface area contributed by atoms with Gasteiger partial charge in [0, 0.05) is 32.2 Å². The zero-order valence-electron chi connectivity index (χ0n) is 16.7. The van der Waals surface area contributed by atoms with Crippen molar-refractivity contribution in [2.45, 2.75) is 40.2 Å². The van der Waals surface area contributed by atoms with Gasteiger partial charge in [-0.2, -0.15) is 0 Å². The molecule has 1 saturated heterocycles. The van der Waals surface area contributed by atoms with E-state index in [0.717, 1.165) is 37.8 Å². The van der Waals surface area contributed by atoms with E-state index in [4.69, 9.17) is 4.74 Å². The minimum absolute atomic E-state index is 0. The lowest BCUT2D eigenvalue weighted by Gasteiger charge is -2.17. The van der Waals surface area contributed by atoms with Gasteiger partial charge in [0.1, 0.15) is 5.75 Å². The number of likely N-dealkylation sites (tertiary alicyclic amines) is 1. The van der Waals surface area contributed by atoms with Gasteiger partial charge in [0.15, 0.2) is 5.96 Å². The van der Waals surface area contributed by atoms with Crippen LogP contribution in [-0.4, -0.2) is 50.7 Å². The standard InChI is InChI=1S/C20H34N4O.HI/c1-5-11-25-19-12-16(3)7-8-18(19)14-23-20(21-4)22-13-17-9-10-24(6-2)15-17;/h7-8,12,17H,5-6,9-11,13-15H2,1-4H3,(H2,21,22,23);1H. The smallest absolute Gasteiger partial charge is 0.191 e. The van der Waals surface area contributed by atoms with Crippen LogP contribution in [0.4, 0.5) is 0 Å². The molecule has 0 spiro atoms. The molecule has 2 rings (SSSR count). The maximum Gasteiger partial charge on any atom is 0.191 e. The SMILES string of the molecule is CCCOc1cc(C)ccc1CNC(=NC)NCC1CCN(CC)C1.I. The number of rotatable bonds is 8. The fraction of sp³-hybridized carbons (Fsp3) is 0.650. The zero-order valence-corrected chi connectivity index (χ0v) is 19.0. The Labute approximate surface area is 176 Å². The van der Waals surface area contributed by atoms with Gasteiger partial charge < -0.3 is 20.3 Å². The average Bonchev–Trinajstić information content (AvgIpc) is 3.09. The van der Waals surface area contributed by atoms with E-state index >= 15 is 0 Å². The van der Waals surface area contributed by atoms with E-state index in [1.165, 1.54) is 30.6 Å². The molecule has 5 nitrogen and oxygen atoms in total. The third-order valence-corrected chi connectivity index (χ3v) is 4.73. The molecule has 1 atom stereocenters. The molecule has 148 valence electrons. The van der Waals surface area contributed by atoms with Gasteiger partial charge in [-0.05, 0) is 50.4 Å². The molecule has 1 fully saturated rings. The highest BCUT2D eigenvalue weighted by atomic mass is 127. The molecular weight excluding hydrogens is 439 g/mol. The van der Waals surface area contributed by atoms with Crippen molar-refractivity contribution in [3.63, 3.8) is 0 Å². The maximum absolute atomic E-state index is 5.89. The summed E-state index contributed by atoms with van der Waals surface area (Å²) < 4.78 is 5.89. The van der Waals surface area contributed by atoms with Crippen LogP contribution in [0.5, 0.6) is 5.75 Å². The van der Waals surface area contributed by atoms with Crippen LogP contribution in [0.3, 0.4) is 0 Å². The largest absolute Gasteiger partial charge is 0.493 e. The molecule has 1 unspecified atom stereocenters. The first kappa shape index (κ1) is 23.0. The number of hydrogen-bond donors (Lipinski definition) is 2. The van der Waals surface area contributed by atoms with Crippen molar-refractivity contribution in [3.8, 4) is 5.75 Å². The lowest BCUT2D eigenvalue weighted by Crippen LogP contribution is -2.40. The van der Waals surface area contributed by atoms with Crippen LogP contribution in [0.2, 0.25) is 0 Å². The zero-order chi connectivity index (χ0) is 18.1. The molecule has 0 radical (unpaired) electrons. The monoisotopic (exact) mass is 474 g/mol. The van der Waals surface area contributed by atoms with Gasteiger partial charge in [-0.15, -0.1) is 24.0 Å². The first-order valence-electron chi connectivity index (χ1n) is 9.55. The molecule has 2 N–H and O–H groups in total. The lowest BCUT2D eigenvalue weighted by atomic mass is 10.1. The summed E-state index contributed by atoms with van der Waals surface area (Å²) in [5, 5.41) is 6.89. The van der Waals surface area contributed by atoms with Crippen LogP contribution >= 0.6 is 24.0 Å². The van der Waals surface area contributed by atoms with Crippen molar-refractivity contribution in [2.75, 3.05) is 39.8 Å². The fourth-order valence-electron chi connectivity index (χ4n) is 3.16. The number of guanidine groups is 1. The van der Waals surface area contributed by atoms with E-state index in [0.29, 0.717) is 12.5 Å². The topological polar surface area (TPSA) is 48.9 Å². The lowest BCUT2D eigenvalue weighted by molar-refractivity contribution is 0.313. The molecule has 0 amide bonds. The number of ether oxygens (including phenoxy) is 1. The predicted octanol–water partition coefficient (Wildman–Crippen LogP) is 3.41. The first-order chi connectivity index (χ1) is 12.2. The Hall–Kier alpha value is -1.02. The van der Waals surface area contributed by atoms with Crippen LogP contribution < -0.4 is 15.4 Å². The molecule has 1 aliphatic rings. The summed E-state index contributed by atoms with van der Waals surface area (Å²) in [6, 6.07) is 6.38. The van der Waals surface area contributed by atoms with E-state index in [9.17, 15) is 0 Å². The van der Waals surface area contributed by atoms with Gasteiger partial charge in [0.05, 0.1) is 6.61 Å². The van der Waals surface area contributed by atoms with Crippen molar-refractivity contribution in [1.82, 2.24) is 15.5 Å². The highest BCUT2D eigenvalue weighted by Crippen LogP contribution is 2.20. The number of nitrogens with zero attached hydrogens (tertiary/aromatic N) is 2. The molecule has 0 bridgehead atoms. The Morgan fingerprint density at radius 3 is 2.77 bits per heavy atom. The van der Waals surface area contributed by atoms with E-state index in [1.54, 1.807) is 0 Å². The number of aryl methyl sites for hydroxylation is 1. The first-order valence-corrected chi connectivity index (χ1v) is 9.55. The Balaban J connectivity index is 0.00000338. The summed E-state index contributed by atoms with van der Waals surface area (Å²) in [7, 11) is 1.83. The van der Waals surface area contributed by atoms with Crippen molar-refractivity contribution < 1.29 is 4.74 Å². The van der Waals surface area contributed by atoms with E-state index in [-0.39, 0.29) is 24.0 Å². The molecule has 6 heteroatoms. The van der Waals surface area contributed by atoms with Gasteiger partial charge in [0.25, 0.3) is 0 Å². The van der Waals surface area contributed by atoms with Gasteiger partial charge in [-0.25, -0.2) is 0 Å². The Morgan fingerprint density at radius 1 is 1.31 bits per heavy atom. The normalized spacial score (nSPS) is 17.7. The van der Waals surface area contributed by atoms with E-state index < -0.39 is 0 Å². The minimum Gasteiger partial charge on any atom is -0.493 e. The molecule has 1 aromatic carbocycles. The van der Waals surface area contributed by atoms with Crippen molar-refractivity contribution in [2.24, 2.45) is 10.9 Å².